The Bertz CT molecular complexity index is 1920. The molecule has 0 aromatic heterocycles. The van der Waals surface area contributed by atoms with Crippen LogP contribution in [0, 0.1) is 17.8 Å². The lowest BCUT2D eigenvalue weighted by molar-refractivity contribution is -0.138. The van der Waals surface area contributed by atoms with Crippen LogP contribution in [0.1, 0.15) is 45.8 Å². The molecule has 0 bridgehead atoms. The Morgan fingerprint density at radius 1 is 0.915 bits per heavy atom. The minimum atomic E-state index is -1.99. The summed E-state index contributed by atoms with van der Waals surface area (Å²) >= 11 is 14.5. The van der Waals surface area contributed by atoms with Gasteiger partial charge in [-0.05, 0) is 55.0 Å². The van der Waals surface area contributed by atoms with Gasteiger partial charge in [-0.25, -0.2) is 0 Å². The lowest BCUT2D eigenvalue weighted by Gasteiger charge is -2.50. The number of aromatic hydroxyl groups is 1. The summed E-state index contributed by atoms with van der Waals surface area (Å²) in [5.41, 5.74) is 2.69. The van der Waals surface area contributed by atoms with Gasteiger partial charge in [-0.15, -0.1) is 29.8 Å². The van der Waals surface area contributed by atoms with E-state index < -0.39 is 57.0 Å². The summed E-state index contributed by atoms with van der Waals surface area (Å²) in [6, 6.07) is 20.2. The van der Waals surface area contributed by atoms with Crippen LogP contribution in [0.15, 0.2) is 97.1 Å². The number of phenolic OH excluding ortho intramolecular Hbond substituents is 1. The summed E-state index contributed by atoms with van der Waals surface area (Å²) in [4.78, 5) is 66.8. The summed E-state index contributed by atoms with van der Waals surface area (Å²) in [6.07, 6.45) is 3.83. The average molecular weight is 670 g/mol. The molecule has 6 atom stereocenters. The topological polar surface area (TPSA) is 112 Å². The minimum Gasteiger partial charge on any atom is -0.507 e. The lowest BCUT2D eigenvalue weighted by atomic mass is 9.56. The van der Waals surface area contributed by atoms with E-state index >= 15 is 0 Å². The molecule has 3 aromatic carbocycles. The zero-order chi connectivity index (χ0) is 33.4. The number of carbonyl (C=O) groups is 5. The lowest BCUT2D eigenvalue weighted by Crippen LogP contribution is -2.60. The van der Waals surface area contributed by atoms with E-state index in [2.05, 4.69) is 6.58 Å². The number of halogens is 2. The van der Waals surface area contributed by atoms with Crippen molar-refractivity contribution in [1.82, 2.24) is 4.90 Å². The summed E-state index contributed by atoms with van der Waals surface area (Å²) in [5, 5.41) is 11.5. The second-order valence-electron chi connectivity index (χ2n) is 12.6. The third-order valence-corrected chi connectivity index (χ3v) is 11.7. The Labute approximate surface area is 281 Å². The normalized spacial score (nSPS) is 29.7. The van der Waals surface area contributed by atoms with Crippen molar-refractivity contribution >= 4 is 58.3 Å². The summed E-state index contributed by atoms with van der Waals surface area (Å²) in [5.74, 6) is -5.96. The highest BCUT2D eigenvalue weighted by Gasteiger charge is 2.76. The van der Waals surface area contributed by atoms with Gasteiger partial charge in [-0.2, -0.15) is 0 Å². The zero-order valence-electron chi connectivity index (χ0n) is 25.4. The minimum absolute atomic E-state index is 0.101. The number of amides is 4. The van der Waals surface area contributed by atoms with E-state index in [4.69, 9.17) is 23.2 Å². The molecule has 3 fully saturated rings. The smallest absolute Gasteiger partial charge is 0.253 e. The van der Waals surface area contributed by atoms with Crippen LogP contribution in [0.2, 0.25) is 0 Å². The molecule has 0 unspecified atom stereocenters. The number of carbonyl (C=O) groups excluding carboxylic acids is 5. The number of anilines is 1. The van der Waals surface area contributed by atoms with E-state index in [1.807, 2.05) is 12.1 Å². The van der Waals surface area contributed by atoms with Crippen molar-refractivity contribution in [2.45, 2.75) is 34.9 Å². The molecule has 2 aliphatic heterocycles. The Kier molecular flexibility index (Phi) is 7.30. The molecule has 238 valence electrons. The number of phenols is 1. The zero-order valence-corrected chi connectivity index (χ0v) is 26.9. The molecule has 2 aliphatic carbocycles. The van der Waals surface area contributed by atoms with Crippen molar-refractivity contribution in [2.24, 2.45) is 17.8 Å². The van der Waals surface area contributed by atoms with Gasteiger partial charge in [-0.3, -0.25) is 33.8 Å². The predicted molar refractivity (Wildman–Crippen MR) is 176 cm³/mol. The second kappa shape index (κ2) is 11.0. The number of fused-ring (bicyclic) bond motifs is 4. The van der Waals surface area contributed by atoms with Crippen molar-refractivity contribution in [3.8, 4) is 5.75 Å². The number of rotatable bonds is 6. The summed E-state index contributed by atoms with van der Waals surface area (Å²) < 4.78 is 0. The highest BCUT2D eigenvalue weighted by molar-refractivity contribution is 6.53. The average Bonchev–Trinajstić information content (AvgIpc) is 3.41. The molecule has 0 radical (unpaired) electrons. The Balaban J connectivity index is 1.29. The van der Waals surface area contributed by atoms with Gasteiger partial charge >= 0.3 is 0 Å². The van der Waals surface area contributed by atoms with Gasteiger partial charge in [-0.1, -0.05) is 66.3 Å². The molecule has 3 aromatic rings. The SMILES string of the molecule is C=CCc1cccc([C@H]2C3=CC[C@@H]4C(=O)N(c5ccc(C(=O)c6ccccc6)cc5)C(=O)[C@@H]4[C@@H]3C[C@@]3(Cl)C(=O)N(C)C(=O)[C@@]23Cl)c1O. The maximum atomic E-state index is 14.3. The highest BCUT2D eigenvalue weighted by atomic mass is 35.5. The second-order valence-corrected chi connectivity index (χ2v) is 13.8. The van der Waals surface area contributed by atoms with E-state index in [1.54, 1.807) is 72.8 Å². The molecule has 1 N–H and O–H groups in total. The third-order valence-electron chi connectivity index (χ3n) is 10.3. The molecule has 10 heteroatoms. The number of allylic oxidation sites excluding steroid dienone is 3. The van der Waals surface area contributed by atoms with Gasteiger partial charge in [0.2, 0.25) is 11.8 Å². The summed E-state index contributed by atoms with van der Waals surface area (Å²) in [6.45, 7) is 3.76. The maximum Gasteiger partial charge on any atom is 0.253 e. The Morgan fingerprint density at radius 3 is 2.28 bits per heavy atom. The third kappa shape index (κ3) is 4.24. The molecule has 7 rings (SSSR count). The van der Waals surface area contributed by atoms with E-state index in [9.17, 15) is 29.1 Å². The van der Waals surface area contributed by atoms with Crippen molar-refractivity contribution in [1.29, 1.82) is 0 Å². The largest absolute Gasteiger partial charge is 0.507 e. The van der Waals surface area contributed by atoms with Crippen LogP contribution < -0.4 is 4.90 Å². The van der Waals surface area contributed by atoms with Crippen LogP contribution in [0.25, 0.3) is 0 Å². The number of para-hydroxylation sites is 1. The molecule has 0 spiro atoms. The molecule has 2 heterocycles. The summed E-state index contributed by atoms with van der Waals surface area (Å²) in [7, 11) is 1.32. The van der Waals surface area contributed by atoms with Gasteiger partial charge in [0.15, 0.2) is 15.5 Å². The van der Waals surface area contributed by atoms with Crippen LogP contribution in [-0.2, 0) is 25.6 Å². The molecule has 1 saturated carbocycles. The van der Waals surface area contributed by atoms with Gasteiger partial charge in [0.05, 0.1) is 17.5 Å². The fourth-order valence-corrected chi connectivity index (χ4v) is 9.04. The van der Waals surface area contributed by atoms with Crippen molar-refractivity contribution < 1.29 is 29.1 Å². The molecular formula is C37H30Cl2N2O6. The number of alkyl halides is 2. The monoisotopic (exact) mass is 668 g/mol. The molecule has 47 heavy (non-hydrogen) atoms. The molecule has 2 saturated heterocycles. The Morgan fingerprint density at radius 2 is 1.60 bits per heavy atom. The van der Waals surface area contributed by atoms with Gasteiger partial charge < -0.3 is 5.11 Å². The predicted octanol–water partition coefficient (Wildman–Crippen LogP) is 5.54. The van der Waals surface area contributed by atoms with Crippen LogP contribution in [0.4, 0.5) is 5.69 Å². The van der Waals surface area contributed by atoms with E-state index in [0.717, 1.165) is 9.80 Å². The highest BCUT2D eigenvalue weighted by Crippen LogP contribution is 2.66. The van der Waals surface area contributed by atoms with E-state index in [1.165, 1.54) is 7.05 Å². The Hall–Kier alpha value is -4.53. The number of hydrogen-bond donors (Lipinski definition) is 1. The van der Waals surface area contributed by atoms with Crippen molar-refractivity contribution in [3.05, 3.63) is 119 Å². The quantitative estimate of drug-likeness (QED) is 0.160. The maximum absolute atomic E-state index is 14.3. The van der Waals surface area contributed by atoms with E-state index in [0.29, 0.717) is 39.9 Å². The first-order chi connectivity index (χ1) is 22.5. The standard InChI is InChI=1S/C37H30Cl2N2O6/c1-3-8-20-11-7-12-26(31(20)43)29-24-17-18-25-28(27(24)19-36(38)34(46)40(2)35(47)37(29,36)39)33(45)41(32(25)44)23-15-13-22(14-16-23)30(42)21-9-5-4-6-10-21/h3-7,9-17,25,27-29,43H,1,8,18-19H2,2H3/t25-,27+,28-,29+,36+,37-/m0/s1. The number of ketones is 1. The van der Waals surface area contributed by atoms with E-state index in [-0.39, 0.29) is 24.4 Å². The van der Waals surface area contributed by atoms with Crippen LogP contribution in [0.5, 0.6) is 5.75 Å². The first-order valence-electron chi connectivity index (χ1n) is 15.3. The number of nitrogens with zero attached hydrogens (tertiary/aromatic N) is 2. The molecular weight excluding hydrogens is 639 g/mol. The first-order valence-corrected chi connectivity index (χ1v) is 16.1. The number of likely N-dealkylation sites (tertiary alicyclic amines) is 1. The molecule has 4 aliphatic rings. The number of hydrogen-bond acceptors (Lipinski definition) is 6. The first kappa shape index (κ1) is 31.1. The number of benzene rings is 3. The van der Waals surface area contributed by atoms with Crippen molar-refractivity contribution in [2.75, 3.05) is 11.9 Å². The fraction of sp³-hybridized carbons (Fsp3) is 0.270. The fourth-order valence-electron chi connectivity index (χ4n) is 8.03. The molecule has 4 amide bonds. The van der Waals surface area contributed by atoms with Gasteiger partial charge in [0.1, 0.15) is 5.75 Å². The van der Waals surface area contributed by atoms with Crippen LogP contribution in [0.3, 0.4) is 0 Å². The molecule has 8 nitrogen and oxygen atoms in total. The van der Waals surface area contributed by atoms with Crippen molar-refractivity contribution in [3.63, 3.8) is 0 Å². The van der Waals surface area contributed by atoms with Crippen LogP contribution >= 0.6 is 23.2 Å². The van der Waals surface area contributed by atoms with Gasteiger partial charge in [0, 0.05) is 29.7 Å². The number of imide groups is 2. The van der Waals surface area contributed by atoms with Gasteiger partial charge in [0.25, 0.3) is 11.8 Å². The van der Waals surface area contributed by atoms with Crippen LogP contribution in [-0.4, -0.2) is 56.2 Å².